The van der Waals surface area contributed by atoms with E-state index in [9.17, 15) is 22.4 Å². The highest BCUT2D eigenvalue weighted by atomic mass is 19.2. The van der Waals surface area contributed by atoms with Crippen LogP contribution in [0.15, 0.2) is 6.08 Å². The van der Waals surface area contributed by atoms with E-state index in [1.54, 1.807) is 20.8 Å². The number of carbonyl (C=O) groups is 1. The van der Waals surface area contributed by atoms with E-state index < -0.39 is 46.3 Å². The van der Waals surface area contributed by atoms with Crippen LogP contribution in [0.2, 0.25) is 0 Å². The molecule has 116 valence electrons. The van der Waals surface area contributed by atoms with Crippen molar-refractivity contribution in [1.82, 2.24) is 5.32 Å². The van der Waals surface area contributed by atoms with Crippen molar-refractivity contribution in [3.05, 3.63) is 40.5 Å². The molecule has 2 nitrogen and oxygen atoms in total. The largest absolute Gasteiger partial charge is 0.349 e. The fourth-order valence-corrected chi connectivity index (χ4v) is 1.61. The lowest BCUT2D eigenvalue weighted by Crippen LogP contribution is -2.37. The van der Waals surface area contributed by atoms with Gasteiger partial charge in [-0.3, -0.25) is 4.79 Å². The standard InChI is InChI=1S/C15H17F4NO/c1-5-6-9-11(16)13(18)10(14(19)12(9)17)15(21)20-8(4)7(2)3/h5-8H,1-4H3,(H,20,21)/t8-/m0/s1. The maximum atomic E-state index is 13.9. The van der Waals surface area contributed by atoms with E-state index in [-0.39, 0.29) is 5.92 Å². The Hall–Kier alpha value is -1.85. The summed E-state index contributed by atoms with van der Waals surface area (Å²) in [4.78, 5) is 11.8. The molecule has 0 aromatic heterocycles. The Morgan fingerprint density at radius 2 is 1.48 bits per heavy atom. The van der Waals surface area contributed by atoms with Gasteiger partial charge in [-0.05, 0) is 19.8 Å². The third-order valence-corrected chi connectivity index (χ3v) is 3.22. The number of hydrogen-bond donors (Lipinski definition) is 1. The number of amides is 1. The van der Waals surface area contributed by atoms with Gasteiger partial charge in [0.25, 0.3) is 5.91 Å². The summed E-state index contributed by atoms with van der Waals surface area (Å²) in [6.07, 6.45) is 2.14. The van der Waals surface area contributed by atoms with Gasteiger partial charge in [0.1, 0.15) is 5.56 Å². The van der Waals surface area contributed by atoms with E-state index in [4.69, 9.17) is 0 Å². The van der Waals surface area contributed by atoms with E-state index in [1.807, 2.05) is 0 Å². The fraction of sp³-hybridized carbons (Fsp3) is 0.400. The van der Waals surface area contributed by atoms with Crippen LogP contribution in [0.5, 0.6) is 0 Å². The van der Waals surface area contributed by atoms with E-state index >= 15 is 0 Å². The zero-order chi connectivity index (χ0) is 16.3. The van der Waals surface area contributed by atoms with Crippen molar-refractivity contribution in [2.75, 3.05) is 0 Å². The minimum absolute atomic E-state index is 0.00272. The first-order valence-corrected chi connectivity index (χ1v) is 6.51. The van der Waals surface area contributed by atoms with Crippen molar-refractivity contribution in [2.45, 2.75) is 33.7 Å². The lowest BCUT2D eigenvalue weighted by atomic mass is 10.0. The predicted octanol–water partition coefficient (Wildman–Crippen LogP) is 4.05. The van der Waals surface area contributed by atoms with Crippen molar-refractivity contribution in [3.63, 3.8) is 0 Å². The molecule has 0 spiro atoms. The Bertz CT molecular complexity index is 553. The van der Waals surface area contributed by atoms with Gasteiger partial charge in [-0.2, -0.15) is 0 Å². The molecule has 0 bridgehead atoms. The maximum absolute atomic E-state index is 13.9. The summed E-state index contributed by atoms with van der Waals surface area (Å²) < 4.78 is 55.2. The SMILES string of the molecule is CC=Cc1c(F)c(F)c(C(=O)N[C@@H](C)C(C)C)c(F)c1F. The Morgan fingerprint density at radius 3 is 1.86 bits per heavy atom. The number of allylic oxidation sites excluding steroid dienone is 1. The summed E-state index contributed by atoms with van der Waals surface area (Å²) in [6.45, 7) is 6.64. The number of nitrogens with one attached hydrogen (secondary N) is 1. The molecule has 0 saturated carbocycles. The normalized spacial score (nSPS) is 13.0. The molecule has 1 amide bonds. The van der Waals surface area contributed by atoms with Gasteiger partial charge in [-0.15, -0.1) is 0 Å². The molecule has 0 aliphatic rings. The zero-order valence-corrected chi connectivity index (χ0v) is 12.2. The van der Waals surface area contributed by atoms with Crippen LogP contribution in [0.25, 0.3) is 6.08 Å². The Balaban J connectivity index is 3.35. The minimum atomic E-state index is -1.70. The predicted molar refractivity (Wildman–Crippen MR) is 72.7 cm³/mol. The van der Waals surface area contributed by atoms with Crippen LogP contribution in [0.4, 0.5) is 17.6 Å². The molecule has 0 unspecified atom stereocenters. The van der Waals surface area contributed by atoms with Crippen molar-refractivity contribution >= 4 is 12.0 Å². The van der Waals surface area contributed by atoms with Crippen LogP contribution in [0, 0.1) is 29.2 Å². The molecule has 1 aromatic rings. The summed E-state index contributed by atoms with van der Waals surface area (Å²) in [6, 6.07) is -0.405. The second-order valence-corrected chi connectivity index (χ2v) is 5.05. The number of benzene rings is 1. The second-order valence-electron chi connectivity index (χ2n) is 5.05. The van der Waals surface area contributed by atoms with Gasteiger partial charge in [0, 0.05) is 6.04 Å². The second kappa shape index (κ2) is 6.74. The average Bonchev–Trinajstić information content (AvgIpc) is 2.41. The highest BCUT2D eigenvalue weighted by Crippen LogP contribution is 2.25. The number of rotatable bonds is 4. The van der Waals surface area contributed by atoms with Crippen LogP contribution < -0.4 is 5.32 Å². The first kappa shape index (κ1) is 17.2. The van der Waals surface area contributed by atoms with Crippen LogP contribution in [0.3, 0.4) is 0 Å². The topological polar surface area (TPSA) is 29.1 Å². The molecule has 0 heterocycles. The van der Waals surface area contributed by atoms with Gasteiger partial charge in [-0.1, -0.05) is 26.0 Å². The Kier molecular flexibility index (Phi) is 5.52. The van der Waals surface area contributed by atoms with Crippen molar-refractivity contribution in [1.29, 1.82) is 0 Å². The molecular weight excluding hydrogens is 286 g/mol. The third-order valence-electron chi connectivity index (χ3n) is 3.22. The minimum Gasteiger partial charge on any atom is -0.349 e. The highest BCUT2D eigenvalue weighted by molar-refractivity contribution is 5.95. The van der Waals surface area contributed by atoms with Crippen LogP contribution in [-0.2, 0) is 0 Å². The van der Waals surface area contributed by atoms with Gasteiger partial charge >= 0.3 is 0 Å². The smallest absolute Gasteiger partial charge is 0.257 e. The molecule has 0 saturated heterocycles. The van der Waals surface area contributed by atoms with Crippen LogP contribution >= 0.6 is 0 Å². The van der Waals surface area contributed by atoms with E-state index in [0.717, 1.165) is 6.08 Å². The number of hydrogen-bond acceptors (Lipinski definition) is 1. The molecule has 1 aromatic carbocycles. The van der Waals surface area contributed by atoms with Gasteiger partial charge in [0.15, 0.2) is 23.3 Å². The monoisotopic (exact) mass is 303 g/mol. The third kappa shape index (κ3) is 3.43. The van der Waals surface area contributed by atoms with Crippen molar-refractivity contribution in [3.8, 4) is 0 Å². The molecule has 0 radical (unpaired) electrons. The quantitative estimate of drug-likeness (QED) is 0.660. The summed E-state index contributed by atoms with van der Waals surface area (Å²) >= 11 is 0. The molecule has 21 heavy (non-hydrogen) atoms. The first-order valence-electron chi connectivity index (χ1n) is 6.51. The van der Waals surface area contributed by atoms with Gasteiger partial charge in [0.05, 0.1) is 5.56 Å². The van der Waals surface area contributed by atoms with Crippen LogP contribution in [-0.4, -0.2) is 11.9 Å². The zero-order valence-electron chi connectivity index (χ0n) is 12.2. The van der Waals surface area contributed by atoms with Crippen molar-refractivity contribution in [2.24, 2.45) is 5.92 Å². The summed E-state index contributed by atoms with van der Waals surface area (Å²) in [5, 5.41) is 2.31. The molecule has 0 aliphatic carbocycles. The lowest BCUT2D eigenvalue weighted by Gasteiger charge is -2.18. The fourth-order valence-electron chi connectivity index (χ4n) is 1.61. The summed E-state index contributed by atoms with van der Waals surface area (Å²) in [7, 11) is 0. The molecule has 1 atom stereocenters. The molecule has 1 rings (SSSR count). The van der Waals surface area contributed by atoms with Gasteiger partial charge in [-0.25, -0.2) is 17.6 Å². The van der Waals surface area contributed by atoms with E-state index in [1.165, 1.54) is 13.0 Å². The average molecular weight is 303 g/mol. The Labute approximate surface area is 120 Å². The molecule has 6 heteroatoms. The summed E-state index contributed by atoms with van der Waals surface area (Å²) in [5.41, 5.74) is -2.09. The molecule has 0 fully saturated rings. The molecule has 1 N–H and O–H groups in total. The van der Waals surface area contributed by atoms with Gasteiger partial charge < -0.3 is 5.32 Å². The van der Waals surface area contributed by atoms with Gasteiger partial charge in [0.2, 0.25) is 0 Å². The molecule has 0 aliphatic heterocycles. The first-order chi connectivity index (χ1) is 9.72. The molecular formula is C15H17F4NO. The highest BCUT2D eigenvalue weighted by Gasteiger charge is 2.29. The lowest BCUT2D eigenvalue weighted by molar-refractivity contribution is 0.0919. The summed E-state index contributed by atoms with van der Waals surface area (Å²) in [5.74, 6) is -7.76. The Morgan fingerprint density at radius 1 is 1.00 bits per heavy atom. The maximum Gasteiger partial charge on any atom is 0.257 e. The van der Waals surface area contributed by atoms with E-state index in [0.29, 0.717) is 0 Å². The van der Waals surface area contributed by atoms with E-state index in [2.05, 4.69) is 5.32 Å². The number of halogens is 4. The van der Waals surface area contributed by atoms with Crippen LogP contribution in [0.1, 0.15) is 43.6 Å². The number of carbonyl (C=O) groups excluding carboxylic acids is 1. The van der Waals surface area contributed by atoms with Crippen molar-refractivity contribution < 1.29 is 22.4 Å².